The molecule has 2 aromatic carbocycles. The first-order valence-electron chi connectivity index (χ1n) is 19.4. The Hall–Kier alpha value is -5.66. The van der Waals surface area contributed by atoms with E-state index in [1.807, 2.05) is 64.5 Å². The lowest BCUT2D eigenvalue weighted by molar-refractivity contribution is -0.125. The molecule has 4 amide bonds. The van der Waals surface area contributed by atoms with E-state index in [0.717, 1.165) is 11.1 Å². The fourth-order valence-corrected chi connectivity index (χ4v) is 7.61. The number of amides is 4. The summed E-state index contributed by atoms with van der Waals surface area (Å²) in [6, 6.07) is 6.87. The van der Waals surface area contributed by atoms with Gasteiger partial charge in [0.05, 0.1) is 12.1 Å². The number of rotatable bonds is 4. The predicted molar refractivity (Wildman–Crippen MR) is 211 cm³/mol. The van der Waals surface area contributed by atoms with Gasteiger partial charge in [-0.15, -0.1) is 0 Å². The Bertz CT molecular complexity index is 2040. The molecular weight excluding hydrogens is 713 g/mol. The van der Waals surface area contributed by atoms with Crippen LogP contribution in [0.2, 0.25) is 0 Å². The maximum absolute atomic E-state index is 14.3. The fourth-order valence-electron chi connectivity index (χ4n) is 7.61. The van der Waals surface area contributed by atoms with Gasteiger partial charge in [-0.1, -0.05) is 67.5 Å². The Balaban J connectivity index is 1.72. The Morgan fingerprint density at radius 1 is 0.554 bits per heavy atom. The number of nitrogens with one attached hydrogen (secondary N) is 4. The highest BCUT2D eigenvalue weighted by molar-refractivity contribution is 5.98. The van der Waals surface area contributed by atoms with Crippen molar-refractivity contribution in [3.8, 4) is 22.6 Å². The van der Waals surface area contributed by atoms with Gasteiger partial charge in [-0.2, -0.15) is 0 Å². The Labute approximate surface area is 327 Å². The summed E-state index contributed by atoms with van der Waals surface area (Å²) in [7, 11) is 0. The first kappa shape index (κ1) is 40.0. The number of aromatic hydroxyl groups is 2. The van der Waals surface area contributed by atoms with Gasteiger partial charge in [-0.05, 0) is 72.9 Å². The molecule has 298 valence electrons. The highest BCUT2D eigenvalue weighted by Crippen LogP contribution is 2.38. The standard InChI is InChI=1S/C42H54N8O6/c1-19(2)31-37-43-35-23(9)49(37)17-25-11-13-29(51)27(15-25)28-16-26(12-14-30(28)52)18-50-24(10)36(42(56)47-33(21(5)6)39(53)45-31)44-38(50)32(20(3)4)46-40(54)34(22(7)8)48-41(35)55/h11-16,19-22,31-34,51-52H,17-18H2,1-10H3,(H,45,53)(H,46,54)(H,47,56)(H,48,55)/t31-,32-,33-,34?/m0/s1. The monoisotopic (exact) mass is 766 g/mol. The lowest BCUT2D eigenvalue weighted by atomic mass is 9.98. The van der Waals surface area contributed by atoms with Crippen molar-refractivity contribution in [2.45, 2.75) is 106 Å². The molecule has 0 aliphatic carbocycles. The Morgan fingerprint density at radius 3 is 1.21 bits per heavy atom. The largest absolute Gasteiger partial charge is 0.507 e. The summed E-state index contributed by atoms with van der Waals surface area (Å²) in [4.78, 5) is 67.1. The Kier molecular flexibility index (Phi) is 11.1. The van der Waals surface area contributed by atoms with Gasteiger partial charge >= 0.3 is 0 Å². The van der Waals surface area contributed by atoms with E-state index < -0.39 is 47.8 Å². The van der Waals surface area contributed by atoms with Crippen LogP contribution in [-0.2, 0) is 22.7 Å². The molecule has 6 N–H and O–H groups in total. The minimum absolute atomic E-state index is 0.0477. The molecule has 14 heteroatoms. The molecule has 0 fully saturated rings. The number of imidazole rings is 2. The van der Waals surface area contributed by atoms with Crippen molar-refractivity contribution in [2.24, 2.45) is 23.7 Å². The van der Waals surface area contributed by atoms with E-state index in [4.69, 9.17) is 9.97 Å². The molecule has 0 saturated heterocycles. The molecule has 4 aromatic rings. The number of hydrogen-bond donors (Lipinski definition) is 6. The predicted octanol–water partition coefficient (Wildman–Crippen LogP) is 5.03. The van der Waals surface area contributed by atoms with Crippen molar-refractivity contribution in [3.05, 3.63) is 81.9 Å². The topological polar surface area (TPSA) is 192 Å². The third-order valence-corrected chi connectivity index (χ3v) is 11.0. The lowest BCUT2D eigenvalue weighted by Gasteiger charge is -2.28. The van der Waals surface area contributed by atoms with Crippen LogP contribution in [0.15, 0.2) is 36.4 Å². The second-order valence-corrected chi connectivity index (χ2v) is 16.5. The van der Waals surface area contributed by atoms with Crippen LogP contribution < -0.4 is 21.3 Å². The number of nitrogens with zero attached hydrogens (tertiary/aromatic N) is 4. The van der Waals surface area contributed by atoms with Crippen LogP contribution >= 0.6 is 0 Å². The van der Waals surface area contributed by atoms with E-state index >= 15 is 0 Å². The Morgan fingerprint density at radius 2 is 0.893 bits per heavy atom. The molecule has 3 aliphatic rings. The number of carbonyl (C=O) groups is 4. The molecule has 0 saturated carbocycles. The van der Waals surface area contributed by atoms with Gasteiger partial charge in [0.1, 0.15) is 46.6 Å². The number of benzene rings is 2. The third kappa shape index (κ3) is 7.48. The van der Waals surface area contributed by atoms with E-state index in [1.54, 1.807) is 50.2 Å². The molecule has 4 atom stereocenters. The van der Waals surface area contributed by atoms with Gasteiger partial charge in [0.2, 0.25) is 11.8 Å². The first-order valence-corrected chi connectivity index (χ1v) is 19.4. The zero-order chi connectivity index (χ0) is 40.9. The van der Waals surface area contributed by atoms with E-state index in [9.17, 15) is 29.4 Å². The second kappa shape index (κ2) is 15.5. The van der Waals surface area contributed by atoms with Crippen molar-refractivity contribution in [1.82, 2.24) is 40.4 Å². The van der Waals surface area contributed by atoms with Crippen molar-refractivity contribution in [2.75, 3.05) is 0 Å². The minimum atomic E-state index is -0.961. The van der Waals surface area contributed by atoms with Crippen LogP contribution in [-0.4, -0.2) is 65.0 Å². The normalized spacial score (nSPS) is 20.6. The van der Waals surface area contributed by atoms with Gasteiger partial charge in [-0.3, -0.25) is 19.2 Å². The van der Waals surface area contributed by atoms with Crippen molar-refractivity contribution < 1.29 is 29.4 Å². The number of carbonyl (C=O) groups excluding carboxylic acids is 4. The maximum atomic E-state index is 14.3. The molecule has 0 spiro atoms. The summed E-state index contributed by atoms with van der Waals surface area (Å²) in [5.41, 5.74) is 3.40. The molecule has 0 radical (unpaired) electrons. The van der Waals surface area contributed by atoms with Crippen molar-refractivity contribution in [3.63, 3.8) is 0 Å². The van der Waals surface area contributed by atoms with Crippen LogP contribution in [0.3, 0.4) is 0 Å². The van der Waals surface area contributed by atoms with E-state index in [2.05, 4.69) is 21.3 Å². The maximum Gasteiger partial charge on any atom is 0.272 e. The molecule has 56 heavy (non-hydrogen) atoms. The lowest BCUT2D eigenvalue weighted by Crippen LogP contribution is -2.52. The smallest absolute Gasteiger partial charge is 0.272 e. The molecule has 1 unspecified atom stereocenters. The van der Waals surface area contributed by atoms with E-state index in [1.165, 1.54) is 0 Å². The van der Waals surface area contributed by atoms with Gasteiger partial charge in [0, 0.05) is 35.6 Å². The molecule has 3 aliphatic heterocycles. The number of fused-ring (bicyclic) bond motifs is 10. The zero-order valence-electron chi connectivity index (χ0n) is 33.8. The average Bonchev–Trinajstić information content (AvgIpc) is 3.62. The molecule has 14 nitrogen and oxygen atoms in total. The van der Waals surface area contributed by atoms with Crippen LogP contribution in [0.5, 0.6) is 11.5 Å². The first-order chi connectivity index (χ1) is 26.4. The zero-order valence-corrected chi connectivity index (χ0v) is 33.8. The van der Waals surface area contributed by atoms with Crippen LogP contribution in [0.4, 0.5) is 0 Å². The summed E-state index contributed by atoms with van der Waals surface area (Å²) in [5, 5.41) is 34.6. The third-order valence-electron chi connectivity index (χ3n) is 11.0. The average molecular weight is 767 g/mol. The minimum Gasteiger partial charge on any atom is -0.507 e. The number of phenolic OH excluding ortho intramolecular Hbond substituents is 2. The quantitative estimate of drug-likeness (QED) is 0.167. The summed E-state index contributed by atoms with van der Waals surface area (Å²) < 4.78 is 3.71. The summed E-state index contributed by atoms with van der Waals surface area (Å²) in [6.45, 7) is 19.0. The summed E-state index contributed by atoms with van der Waals surface area (Å²) in [5.74, 6) is -2.35. The second-order valence-electron chi connectivity index (χ2n) is 16.5. The molecule has 5 heterocycles. The molecule has 10 bridgehead atoms. The van der Waals surface area contributed by atoms with Gasteiger partial charge in [0.25, 0.3) is 11.8 Å². The van der Waals surface area contributed by atoms with Crippen molar-refractivity contribution >= 4 is 23.6 Å². The van der Waals surface area contributed by atoms with Crippen LogP contribution in [0, 0.1) is 37.5 Å². The highest BCUT2D eigenvalue weighted by Gasteiger charge is 2.37. The molecule has 7 rings (SSSR count). The molecule has 2 aromatic heterocycles. The highest BCUT2D eigenvalue weighted by atomic mass is 16.3. The van der Waals surface area contributed by atoms with E-state index in [0.29, 0.717) is 34.2 Å². The van der Waals surface area contributed by atoms with Gasteiger partial charge < -0.3 is 40.6 Å². The van der Waals surface area contributed by atoms with Crippen LogP contribution in [0.1, 0.15) is 123 Å². The summed E-state index contributed by atoms with van der Waals surface area (Å²) >= 11 is 0. The molecular formula is C42H54N8O6. The SMILES string of the molecule is Cc1c2nc3n1Cc1ccc(O)c(c1)-c1cc(ccc1O)Cn1c(nc(c1C)C(=O)NC(C(C)C)C(=O)N[C@H]3C(C)C)[C@H](C(C)C)NC(=O)[C@H](C(C)C)NC2=O. The summed E-state index contributed by atoms with van der Waals surface area (Å²) in [6.07, 6.45) is 0. The van der Waals surface area contributed by atoms with Crippen LogP contribution in [0.25, 0.3) is 11.1 Å². The fraction of sp³-hybridized carbons (Fsp3) is 0.476. The van der Waals surface area contributed by atoms with Gasteiger partial charge in [-0.25, -0.2) is 9.97 Å². The number of aromatic nitrogens is 4. The number of hydrogen-bond acceptors (Lipinski definition) is 8. The number of phenols is 2. The van der Waals surface area contributed by atoms with E-state index in [-0.39, 0.29) is 59.6 Å². The van der Waals surface area contributed by atoms with Crippen molar-refractivity contribution in [1.29, 1.82) is 0 Å². The van der Waals surface area contributed by atoms with Gasteiger partial charge in [0.15, 0.2) is 0 Å².